The fraction of sp³-hybridized carbons (Fsp3) is 0.250. The number of aromatic nitrogens is 1. The van der Waals surface area contributed by atoms with Crippen LogP contribution in [0, 0.1) is 0 Å². The van der Waals surface area contributed by atoms with E-state index in [0.717, 1.165) is 0 Å². The number of alkyl halides is 3. The highest BCUT2D eigenvalue weighted by atomic mass is 19.4. The van der Waals surface area contributed by atoms with Crippen LogP contribution in [0.5, 0.6) is 0 Å². The van der Waals surface area contributed by atoms with E-state index in [1.54, 1.807) is 0 Å². The third-order valence-electron chi connectivity index (χ3n) is 1.49. The fourth-order valence-electron chi connectivity index (χ4n) is 0.897. The molecule has 0 saturated heterocycles. The van der Waals surface area contributed by atoms with Crippen molar-refractivity contribution in [2.75, 3.05) is 11.1 Å². The highest BCUT2D eigenvalue weighted by Crippen LogP contribution is 2.21. The highest BCUT2D eigenvalue weighted by Gasteiger charge is 2.31. The Balaban J connectivity index is 2.64. The summed E-state index contributed by atoms with van der Waals surface area (Å²) in [4.78, 5) is 14.5. The fourth-order valence-corrected chi connectivity index (χ4v) is 0.897. The van der Waals surface area contributed by atoms with Crippen molar-refractivity contribution in [2.45, 2.75) is 12.6 Å². The molecule has 4 nitrogen and oxygen atoms in total. The minimum atomic E-state index is -4.52. The zero-order valence-electron chi connectivity index (χ0n) is 7.51. The van der Waals surface area contributed by atoms with Crippen LogP contribution in [0.25, 0.3) is 0 Å². The molecule has 1 rings (SSSR count). The van der Waals surface area contributed by atoms with Crippen molar-refractivity contribution in [1.29, 1.82) is 0 Å². The van der Waals surface area contributed by atoms with Crippen molar-refractivity contribution < 1.29 is 18.0 Å². The van der Waals surface area contributed by atoms with Gasteiger partial charge in [0, 0.05) is 6.20 Å². The van der Waals surface area contributed by atoms with Gasteiger partial charge in [0.05, 0.1) is 17.6 Å². The number of carbonyl (C=O) groups is 1. The molecule has 0 saturated carbocycles. The Morgan fingerprint density at radius 1 is 1.53 bits per heavy atom. The molecule has 3 N–H and O–H groups in total. The van der Waals surface area contributed by atoms with Crippen molar-refractivity contribution >= 4 is 17.3 Å². The number of anilines is 2. The van der Waals surface area contributed by atoms with Crippen LogP contribution in [0.4, 0.5) is 24.5 Å². The highest BCUT2D eigenvalue weighted by molar-refractivity contribution is 5.93. The lowest BCUT2D eigenvalue weighted by atomic mass is 10.3. The van der Waals surface area contributed by atoms with Crippen molar-refractivity contribution in [3.8, 4) is 0 Å². The van der Waals surface area contributed by atoms with Crippen LogP contribution in [-0.2, 0) is 4.79 Å². The van der Waals surface area contributed by atoms with Crippen molar-refractivity contribution in [3.05, 3.63) is 18.5 Å². The first-order valence-corrected chi connectivity index (χ1v) is 3.94. The van der Waals surface area contributed by atoms with Crippen LogP contribution in [-0.4, -0.2) is 17.1 Å². The smallest absolute Gasteiger partial charge is 0.396 e. The number of pyridine rings is 1. The standard InChI is InChI=1S/C8H8F3N3O/c9-8(10,11)3-7(15)14-6-1-2-13-4-5(6)12/h1-2,4H,3,12H2,(H,13,14,15). The molecule has 0 aliphatic rings. The van der Waals surface area contributed by atoms with Gasteiger partial charge in [-0.15, -0.1) is 0 Å². The summed E-state index contributed by atoms with van der Waals surface area (Å²) in [6, 6.07) is 1.32. The van der Waals surface area contributed by atoms with Gasteiger partial charge < -0.3 is 11.1 Å². The Morgan fingerprint density at radius 2 is 2.20 bits per heavy atom. The summed E-state index contributed by atoms with van der Waals surface area (Å²) in [7, 11) is 0. The molecular weight excluding hydrogens is 211 g/mol. The molecule has 1 aromatic rings. The summed E-state index contributed by atoms with van der Waals surface area (Å²) in [5, 5.41) is 2.04. The Kier molecular flexibility index (Phi) is 3.13. The van der Waals surface area contributed by atoms with Crippen LogP contribution in [0.15, 0.2) is 18.5 Å². The van der Waals surface area contributed by atoms with E-state index in [-0.39, 0.29) is 11.4 Å². The zero-order valence-corrected chi connectivity index (χ0v) is 7.51. The number of amides is 1. The maximum atomic E-state index is 11.8. The van der Waals surface area contributed by atoms with E-state index in [2.05, 4.69) is 4.98 Å². The summed E-state index contributed by atoms with van der Waals surface area (Å²) in [6.45, 7) is 0. The second-order valence-corrected chi connectivity index (χ2v) is 2.80. The monoisotopic (exact) mass is 219 g/mol. The number of hydrogen-bond donors (Lipinski definition) is 2. The van der Waals surface area contributed by atoms with Gasteiger partial charge in [-0.2, -0.15) is 13.2 Å². The molecule has 1 amide bonds. The molecule has 0 spiro atoms. The van der Waals surface area contributed by atoms with Gasteiger partial charge in [0.1, 0.15) is 6.42 Å². The second-order valence-electron chi connectivity index (χ2n) is 2.80. The van der Waals surface area contributed by atoms with Gasteiger partial charge in [0.15, 0.2) is 0 Å². The van der Waals surface area contributed by atoms with Gasteiger partial charge in [-0.1, -0.05) is 0 Å². The molecule has 0 unspecified atom stereocenters. The molecule has 0 fully saturated rings. The SMILES string of the molecule is Nc1cnccc1NC(=O)CC(F)(F)F. The van der Waals surface area contributed by atoms with Gasteiger partial charge >= 0.3 is 6.18 Å². The number of nitrogens with one attached hydrogen (secondary N) is 1. The Morgan fingerprint density at radius 3 is 2.73 bits per heavy atom. The van der Waals surface area contributed by atoms with Gasteiger partial charge in [0.25, 0.3) is 0 Å². The molecule has 0 bridgehead atoms. The molecular formula is C8H8F3N3O. The van der Waals surface area contributed by atoms with Crippen LogP contribution in [0.3, 0.4) is 0 Å². The predicted octanol–water partition coefficient (Wildman–Crippen LogP) is 1.55. The number of nitrogens with zero attached hydrogens (tertiary/aromatic N) is 1. The van der Waals surface area contributed by atoms with E-state index in [0.29, 0.717) is 0 Å². The Hall–Kier alpha value is -1.79. The molecule has 15 heavy (non-hydrogen) atoms. The molecule has 0 radical (unpaired) electrons. The molecule has 7 heteroatoms. The number of hydrogen-bond acceptors (Lipinski definition) is 3. The van der Waals surface area contributed by atoms with Crippen molar-refractivity contribution in [2.24, 2.45) is 0 Å². The number of carbonyl (C=O) groups excluding carboxylic acids is 1. The molecule has 1 heterocycles. The second kappa shape index (κ2) is 4.16. The van der Waals surface area contributed by atoms with Gasteiger partial charge in [-0.25, -0.2) is 0 Å². The van der Waals surface area contributed by atoms with Crippen LogP contribution >= 0.6 is 0 Å². The third kappa shape index (κ3) is 3.84. The van der Waals surface area contributed by atoms with Crippen LogP contribution in [0.1, 0.15) is 6.42 Å². The molecule has 1 aromatic heterocycles. The maximum Gasteiger partial charge on any atom is 0.397 e. The van der Waals surface area contributed by atoms with Gasteiger partial charge in [-0.3, -0.25) is 9.78 Å². The van der Waals surface area contributed by atoms with Gasteiger partial charge in [0.2, 0.25) is 5.91 Å². The summed E-state index contributed by atoms with van der Waals surface area (Å²) in [6.07, 6.45) is -3.50. The Labute approximate surface area is 83.3 Å². The normalized spacial score (nSPS) is 11.1. The first-order valence-electron chi connectivity index (χ1n) is 3.94. The summed E-state index contributed by atoms with van der Waals surface area (Å²) in [5.41, 5.74) is 5.62. The summed E-state index contributed by atoms with van der Waals surface area (Å²) in [5.74, 6) is -1.15. The van der Waals surface area contributed by atoms with E-state index >= 15 is 0 Å². The average Bonchev–Trinajstić information content (AvgIpc) is 2.05. The van der Waals surface area contributed by atoms with Gasteiger partial charge in [-0.05, 0) is 6.07 Å². The number of nitrogens with two attached hydrogens (primary N) is 1. The predicted molar refractivity (Wildman–Crippen MR) is 48.0 cm³/mol. The number of nitrogen functional groups attached to an aromatic ring is 1. The Bertz CT molecular complexity index is 364. The summed E-state index contributed by atoms with van der Waals surface area (Å²) >= 11 is 0. The van der Waals surface area contributed by atoms with E-state index in [9.17, 15) is 18.0 Å². The van der Waals surface area contributed by atoms with Crippen molar-refractivity contribution in [3.63, 3.8) is 0 Å². The number of halogens is 3. The molecule has 0 aliphatic heterocycles. The lowest BCUT2D eigenvalue weighted by Gasteiger charge is -2.08. The minimum absolute atomic E-state index is 0.119. The molecule has 0 aliphatic carbocycles. The van der Waals surface area contributed by atoms with Crippen LogP contribution in [0.2, 0.25) is 0 Å². The largest absolute Gasteiger partial charge is 0.397 e. The third-order valence-corrected chi connectivity index (χ3v) is 1.49. The molecule has 82 valence electrons. The zero-order chi connectivity index (χ0) is 11.5. The minimum Gasteiger partial charge on any atom is -0.396 e. The molecule has 0 aromatic carbocycles. The van der Waals surface area contributed by atoms with E-state index < -0.39 is 18.5 Å². The van der Waals surface area contributed by atoms with E-state index in [1.165, 1.54) is 18.5 Å². The van der Waals surface area contributed by atoms with E-state index in [4.69, 9.17) is 5.73 Å². The van der Waals surface area contributed by atoms with E-state index in [1.807, 2.05) is 5.32 Å². The van der Waals surface area contributed by atoms with Crippen molar-refractivity contribution in [1.82, 2.24) is 4.98 Å². The first kappa shape index (κ1) is 11.3. The topological polar surface area (TPSA) is 68.0 Å². The lowest BCUT2D eigenvalue weighted by Crippen LogP contribution is -2.21. The number of rotatable bonds is 2. The first-order chi connectivity index (χ1) is 6.88. The lowest BCUT2D eigenvalue weighted by molar-refractivity contribution is -0.150. The quantitative estimate of drug-likeness (QED) is 0.792. The van der Waals surface area contributed by atoms with Crippen LogP contribution < -0.4 is 11.1 Å². The average molecular weight is 219 g/mol. The summed E-state index contributed by atoms with van der Waals surface area (Å²) < 4.78 is 35.4. The molecule has 0 atom stereocenters. The maximum absolute atomic E-state index is 11.8.